The van der Waals surface area contributed by atoms with Gasteiger partial charge in [0.05, 0.1) is 11.3 Å². The minimum absolute atomic E-state index is 0.202. The summed E-state index contributed by atoms with van der Waals surface area (Å²) in [6.45, 7) is 1.84. The van der Waals surface area contributed by atoms with Crippen molar-refractivity contribution in [1.29, 1.82) is 0 Å². The fourth-order valence-corrected chi connectivity index (χ4v) is 3.72. The average molecular weight is 378 g/mol. The Labute approximate surface area is 155 Å². The highest BCUT2D eigenvalue weighted by atomic mass is 32.1. The number of thiazole rings is 1. The van der Waals surface area contributed by atoms with Crippen LogP contribution in [-0.4, -0.2) is 29.4 Å². The molecule has 0 unspecified atom stereocenters. The van der Waals surface area contributed by atoms with Crippen molar-refractivity contribution in [3.8, 4) is 16.3 Å². The van der Waals surface area contributed by atoms with Gasteiger partial charge in [-0.2, -0.15) is 5.10 Å². The van der Waals surface area contributed by atoms with E-state index in [4.69, 9.17) is 0 Å². The Bertz CT molecular complexity index is 1360. The molecule has 4 heterocycles. The molecule has 0 saturated carbocycles. The molecule has 9 heteroatoms. The van der Waals surface area contributed by atoms with Crippen LogP contribution in [0.15, 0.2) is 52.9 Å². The Morgan fingerprint density at radius 3 is 2.67 bits per heavy atom. The van der Waals surface area contributed by atoms with Crippen LogP contribution in [0.2, 0.25) is 0 Å². The Hall–Kier alpha value is -3.46. The molecule has 5 aromatic rings. The van der Waals surface area contributed by atoms with Crippen molar-refractivity contribution in [2.45, 2.75) is 6.92 Å². The number of fused-ring (bicyclic) bond motifs is 3. The summed E-state index contributed by atoms with van der Waals surface area (Å²) >= 11 is 1.36. The molecule has 0 amide bonds. The summed E-state index contributed by atoms with van der Waals surface area (Å²) < 4.78 is 16.3. The van der Waals surface area contributed by atoms with Gasteiger partial charge in [-0.3, -0.25) is 9.36 Å². The van der Waals surface area contributed by atoms with E-state index in [1.807, 2.05) is 6.92 Å². The zero-order valence-corrected chi connectivity index (χ0v) is 14.8. The van der Waals surface area contributed by atoms with E-state index in [2.05, 4.69) is 20.3 Å². The summed E-state index contributed by atoms with van der Waals surface area (Å²) in [6.07, 6.45) is 3.29. The molecule has 0 aliphatic heterocycles. The van der Waals surface area contributed by atoms with Crippen LogP contribution < -0.4 is 5.56 Å². The van der Waals surface area contributed by atoms with Crippen LogP contribution in [0.5, 0.6) is 0 Å². The van der Waals surface area contributed by atoms with Gasteiger partial charge in [0.2, 0.25) is 0 Å². The van der Waals surface area contributed by atoms with Gasteiger partial charge in [0.1, 0.15) is 11.3 Å². The fraction of sp³-hybridized carbons (Fsp3) is 0.0556. The predicted molar refractivity (Wildman–Crippen MR) is 99.7 cm³/mol. The third-order valence-corrected chi connectivity index (χ3v) is 5.08. The molecule has 0 bridgehead atoms. The normalized spacial score (nSPS) is 11.5. The first-order valence-electron chi connectivity index (χ1n) is 8.06. The van der Waals surface area contributed by atoms with Crippen molar-refractivity contribution < 1.29 is 4.39 Å². The van der Waals surface area contributed by atoms with E-state index in [1.165, 1.54) is 28.0 Å². The third-order valence-electron chi connectivity index (χ3n) is 4.31. The number of rotatable bonds is 2. The van der Waals surface area contributed by atoms with E-state index in [9.17, 15) is 9.18 Å². The molecule has 0 fully saturated rings. The Kier molecular flexibility index (Phi) is 3.37. The summed E-state index contributed by atoms with van der Waals surface area (Å²) in [5.41, 5.74) is 3.21. The van der Waals surface area contributed by atoms with E-state index in [-0.39, 0.29) is 16.9 Å². The van der Waals surface area contributed by atoms with Crippen LogP contribution in [-0.2, 0) is 0 Å². The van der Waals surface area contributed by atoms with Crippen molar-refractivity contribution >= 4 is 28.0 Å². The summed E-state index contributed by atoms with van der Waals surface area (Å²) in [5.74, 6) is -0.313. The molecule has 1 aromatic carbocycles. The van der Waals surface area contributed by atoms with Crippen molar-refractivity contribution in [1.82, 2.24) is 29.4 Å². The number of hydrogen-bond acceptors (Lipinski definition) is 6. The van der Waals surface area contributed by atoms with Gasteiger partial charge in [0, 0.05) is 17.8 Å². The maximum absolute atomic E-state index is 13.3. The Morgan fingerprint density at radius 1 is 1.11 bits per heavy atom. The molecule has 27 heavy (non-hydrogen) atoms. The van der Waals surface area contributed by atoms with Crippen molar-refractivity contribution in [2.75, 3.05) is 0 Å². The van der Waals surface area contributed by atoms with Crippen LogP contribution in [0.3, 0.4) is 0 Å². The zero-order valence-electron chi connectivity index (χ0n) is 14.0. The van der Waals surface area contributed by atoms with Gasteiger partial charge in [-0.05, 0) is 30.7 Å². The van der Waals surface area contributed by atoms with Crippen molar-refractivity contribution in [3.63, 3.8) is 0 Å². The lowest BCUT2D eigenvalue weighted by Crippen LogP contribution is -2.20. The summed E-state index contributed by atoms with van der Waals surface area (Å²) in [7, 11) is 0. The number of aryl methyl sites for hydroxylation is 1. The van der Waals surface area contributed by atoms with Crippen LogP contribution >= 0.6 is 11.3 Å². The zero-order chi connectivity index (χ0) is 18.5. The van der Waals surface area contributed by atoms with Gasteiger partial charge < -0.3 is 0 Å². The second kappa shape index (κ2) is 5.78. The van der Waals surface area contributed by atoms with E-state index in [1.54, 1.807) is 40.5 Å². The van der Waals surface area contributed by atoms with Crippen LogP contribution in [0.25, 0.3) is 32.9 Å². The molecule has 132 valence electrons. The lowest BCUT2D eigenvalue weighted by atomic mass is 10.1. The average Bonchev–Trinajstić information content (AvgIpc) is 3.30. The largest absolute Gasteiger partial charge is 0.286 e. The summed E-state index contributed by atoms with van der Waals surface area (Å²) in [4.78, 5) is 17.0. The molecule has 0 radical (unpaired) electrons. The lowest BCUT2D eigenvalue weighted by Gasteiger charge is -2.04. The highest BCUT2D eigenvalue weighted by Gasteiger charge is 2.18. The molecule has 0 atom stereocenters. The number of aromatic nitrogens is 6. The van der Waals surface area contributed by atoms with Crippen molar-refractivity contribution in [2.24, 2.45) is 0 Å². The standard InChI is InChI=1S/C18H11FN6OS/c1-10-14(11-2-4-12(19)5-3-11)16-22-21-15-13(25(16)23-10)6-8-24(17(15)26)18-20-7-9-27-18/h2-9H,1H3. The van der Waals surface area contributed by atoms with Gasteiger partial charge in [-0.25, -0.2) is 13.9 Å². The van der Waals surface area contributed by atoms with Gasteiger partial charge in [-0.1, -0.05) is 12.1 Å². The molecule has 0 aliphatic carbocycles. The first-order valence-corrected chi connectivity index (χ1v) is 8.94. The monoisotopic (exact) mass is 378 g/mol. The summed E-state index contributed by atoms with van der Waals surface area (Å²) in [5, 5.41) is 15.3. The van der Waals surface area contributed by atoms with E-state index >= 15 is 0 Å². The van der Waals surface area contributed by atoms with E-state index < -0.39 is 0 Å². The molecule has 0 saturated heterocycles. The predicted octanol–water partition coefficient (Wildman–Crippen LogP) is 3.00. The highest BCUT2D eigenvalue weighted by Crippen LogP contribution is 2.28. The molecule has 0 aliphatic rings. The van der Waals surface area contributed by atoms with E-state index in [0.717, 1.165) is 11.1 Å². The Morgan fingerprint density at radius 2 is 1.93 bits per heavy atom. The molecular formula is C18H11FN6OS. The van der Waals surface area contributed by atoms with Gasteiger partial charge in [0.15, 0.2) is 16.3 Å². The topological polar surface area (TPSA) is 78.0 Å². The van der Waals surface area contributed by atoms with Crippen LogP contribution in [0.4, 0.5) is 4.39 Å². The maximum Gasteiger partial charge on any atom is 0.286 e. The molecular weight excluding hydrogens is 367 g/mol. The number of benzene rings is 1. The number of halogens is 1. The summed E-state index contributed by atoms with van der Waals surface area (Å²) in [6, 6.07) is 7.89. The van der Waals surface area contributed by atoms with E-state index in [0.29, 0.717) is 22.0 Å². The third kappa shape index (κ3) is 2.36. The second-order valence-corrected chi connectivity index (χ2v) is 6.82. The minimum atomic E-state index is -0.313. The maximum atomic E-state index is 13.3. The van der Waals surface area contributed by atoms with Gasteiger partial charge in [-0.15, -0.1) is 21.5 Å². The lowest BCUT2D eigenvalue weighted by molar-refractivity contribution is 0.628. The second-order valence-electron chi connectivity index (χ2n) is 5.94. The minimum Gasteiger partial charge on any atom is -0.266 e. The fourth-order valence-electron chi connectivity index (χ4n) is 3.09. The first-order chi connectivity index (χ1) is 13.1. The number of pyridine rings is 1. The molecule has 5 rings (SSSR count). The molecule has 0 spiro atoms. The van der Waals surface area contributed by atoms with Crippen LogP contribution in [0, 0.1) is 12.7 Å². The first kappa shape index (κ1) is 15.8. The molecule has 4 aromatic heterocycles. The van der Waals surface area contributed by atoms with Gasteiger partial charge >= 0.3 is 0 Å². The molecule has 0 N–H and O–H groups in total. The Balaban J connectivity index is 1.79. The molecule has 7 nitrogen and oxygen atoms in total. The van der Waals surface area contributed by atoms with Crippen LogP contribution in [0.1, 0.15) is 5.69 Å². The quantitative estimate of drug-likeness (QED) is 0.472. The smallest absolute Gasteiger partial charge is 0.266 e. The SMILES string of the molecule is Cc1nn2c(nnc3c(=O)n(-c4nccs4)ccc32)c1-c1ccc(F)cc1. The van der Waals surface area contributed by atoms with Crippen molar-refractivity contribution in [3.05, 3.63) is 70.0 Å². The number of hydrogen-bond donors (Lipinski definition) is 0. The number of nitrogens with zero attached hydrogens (tertiary/aromatic N) is 6. The van der Waals surface area contributed by atoms with Gasteiger partial charge in [0.25, 0.3) is 5.56 Å². The highest BCUT2D eigenvalue weighted by molar-refractivity contribution is 7.12.